The van der Waals surface area contributed by atoms with Gasteiger partial charge in [0.2, 0.25) is 5.91 Å². The van der Waals surface area contributed by atoms with Crippen LogP contribution in [-0.2, 0) is 22.5 Å². The summed E-state index contributed by atoms with van der Waals surface area (Å²) in [7, 11) is 1.51. The van der Waals surface area contributed by atoms with Crippen LogP contribution in [0, 0.1) is 13.8 Å². The number of imidazole rings is 1. The zero-order valence-electron chi connectivity index (χ0n) is 17.4. The molecule has 0 saturated carbocycles. The molecular formula is C23H29N3O3. The molecule has 6 heteroatoms. The summed E-state index contributed by atoms with van der Waals surface area (Å²) >= 11 is 0. The van der Waals surface area contributed by atoms with Crippen molar-refractivity contribution >= 4 is 16.9 Å². The van der Waals surface area contributed by atoms with E-state index in [-0.39, 0.29) is 12.5 Å². The molecule has 1 heterocycles. The molecule has 3 aromatic rings. The minimum atomic E-state index is -0.114. The van der Waals surface area contributed by atoms with Crippen LogP contribution in [0.2, 0.25) is 0 Å². The third kappa shape index (κ3) is 5.57. The summed E-state index contributed by atoms with van der Waals surface area (Å²) in [5.74, 6) is 1.80. The fourth-order valence-electron chi connectivity index (χ4n) is 3.33. The van der Waals surface area contributed by atoms with E-state index in [1.54, 1.807) is 0 Å². The van der Waals surface area contributed by atoms with Crippen molar-refractivity contribution in [3.8, 4) is 5.75 Å². The molecule has 0 unspecified atom stereocenters. The Bertz CT molecular complexity index is 965. The zero-order chi connectivity index (χ0) is 20.6. The Labute approximate surface area is 171 Å². The fourth-order valence-corrected chi connectivity index (χ4v) is 3.33. The van der Waals surface area contributed by atoms with Crippen molar-refractivity contribution in [2.45, 2.75) is 33.2 Å². The second-order valence-electron chi connectivity index (χ2n) is 7.17. The van der Waals surface area contributed by atoms with E-state index in [0.29, 0.717) is 19.6 Å². The summed E-state index contributed by atoms with van der Waals surface area (Å²) in [5.41, 5.74) is 4.43. The number of hydrogen-bond acceptors (Lipinski definition) is 4. The molecule has 29 heavy (non-hydrogen) atoms. The van der Waals surface area contributed by atoms with E-state index in [2.05, 4.69) is 48.0 Å². The summed E-state index contributed by atoms with van der Waals surface area (Å²) in [6.45, 7) is 6.19. The molecular weight excluding hydrogens is 366 g/mol. The maximum absolute atomic E-state index is 11.6. The molecule has 0 aliphatic carbocycles. The number of aromatic nitrogens is 2. The van der Waals surface area contributed by atoms with Crippen LogP contribution in [0.25, 0.3) is 11.0 Å². The molecule has 1 aromatic heterocycles. The number of benzene rings is 2. The predicted molar refractivity (Wildman–Crippen MR) is 114 cm³/mol. The van der Waals surface area contributed by atoms with Gasteiger partial charge >= 0.3 is 0 Å². The highest BCUT2D eigenvalue weighted by molar-refractivity contribution is 5.77. The molecule has 0 bridgehead atoms. The van der Waals surface area contributed by atoms with Gasteiger partial charge in [0, 0.05) is 26.6 Å². The quantitative estimate of drug-likeness (QED) is 0.534. The Kier molecular flexibility index (Phi) is 7.25. The first-order valence-corrected chi connectivity index (χ1v) is 9.98. The Morgan fingerprint density at radius 2 is 2.00 bits per heavy atom. The predicted octanol–water partition coefficient (Wildman–Crippen LogP) is 3.43. The number of hydrogen-bond donors (Lipinski definition) is 1. The van der Waals surface area contributed by atoms with Crippen LogP contribution in [0.3, 0.4) is 0 Å². The highest BCUT2D eigenvalue weighted by Crippen LogP contribution is 2.20. The number of aryl methyl sites for hydroxylation is 3. The van der Waals surface area contributed by atoms with E-state index in [0.717, 1.165) is 41.1 Å². The molecule has 0 radical (unpaired) electrons. The highest BCUT2D eigenvalue weighted by Gasteiger charge is 2.11. The van der Waals surface area contributed by atoms with Crippen molar-refractivity contribution in [2.24, 2.45) is 0 Å². The van der Waals surface area contributed by atoms with Gasteiger partial charge in [0.25, 0.3) is 0 Å². The third-order valence-electron chi connectivity index (χ3n) is 4.81. The Hall–Kier alpha value is -2.86. The molecule has 154 valence electrons. The molecule has 0 saturated heterocycles. The van der Waals surface area contributed by atoms with E-state index in [1.807, 2.05) is 18.2 Å². The summed E-state index contributed by atoms with van der Waals surface area (Å²) in [6.07, 6.45) is 1.54. The largest absolute Gasteiger partial charge is 0.493 e. The lowest BCUT2D eigenvalue weighted by atomic mass is 10.1. The molecule has 6 nitrogen and oxygen atoms in total. The lowest BCUT2D eigenvalue weighted by molar-refractivity contribution is -0.124. The van der Waals surface area contributed by atoms with Gasteiger partial charge in [-0.05, 0) is 49.6 Å². The van der Waals surface area contributed by atoms with Gasteiger partial charge in [0.05, 0.1) is 17.6 Å². The maximum atomic E-state index is 11.6. The number of nitrogens with zero attached hydrogens (tertiary/aromatic N) is 2. The van der Waals surface area contributed by atoms with Gasteiger partial charge in [-0.25, -0.2) is 4.98 Å². The second kappa shape index (κ2) is 10.1. The Morgan fingerprint density at radius 1 is 1.17 bits per heavy atom. The van der Waals surface area contributed by atoms with Crippen LogP contribution >= 0.6 is 0 Å². The normalized spacial score (nSPS) is 11.0. The van der Waals surface area contributed by atoms with Crippen molar-refractivity contribution < 1.29 is 14.3 Å². The van der Waals surface area contributed by atoms with Gasteiger partial charge in [-0.1, -0.05) is 24.3 Å². The van der Waals surface area contributed by atoms with Crippen LogP contribution < -0.4 is 10.1 Å². The molecule has 1 N–H and O–H groups in total. The van der Waals surface area contributed by atoms with Gasteiger partial charge in [-0.2, -0.15) is 0 Å². The van der Waals surface area contributed by atoms with Gasteiger partial charge in [-0.15, -0.1) is 0 Å². The van der Waals surface area contributed by atoms with Crippen molar-refractivity contribution in [3.63, 3.8) is 0 Å². The maximum Gasteiger partial charge on any atom is 0.245 e. The van der Waals surface area contributed by atoms with Crippen LogP contribution in [0.4, 0.5) is 0 Å². The van der Waals surface area contributed by atoms with Crippen molar-refractivity contribution in [3.05, 3.63) is 59.4 Å². The minimum Gasteiger partial charge on any atom is -0.493 e. The van der Waals surface area contributed by atoms with E-state index >= 15 is 0 Å². The number of ether oxygens (including phenoxy) is 2. The number of carbonyl (C=O) groups excluding carboxylic acids is 1. The monoisotopic (exact) mass is 395 g/mol. The van der Waals surface area contributed by atoms with E-state index in [4.69, 9.17) is 14.5 Å². The Morgan fingerprint density at radius 3 is 2.83 bits per heavy atom. The number of para-hydroxylation sites is 2. The summed E-state index contributed by atoms with van der Waals surface area (Å²) < 4.78 is 13.1. The Balaban J connectivity index is 1.62. The van der Waals surface area contributed by atoms with Crippen LogP contribution in [0.5, 0.6) is 5.75 Å². The molecule has 0 atom stereocenters. The molecule has 2 aromatic carbocycles. The molecule has 3 rings (SSSR count). The van der Waals surface area contributed by atoms with E-state index < -0.39 is 0 Å². The first-order valence-electron chi connectivity index (χ1n) is 9.98. The standard InChI is InChI=1S/C23H29N3O3/c1-17-9-10-18(2)21(15-17)29-14-6-13-26-20-8-5-4-7-19(20)25-22(26)11-12-24-23(27)16-28-3/h4-5,7-10,15H,6,11-14,16H2,1-3H3,(H,24,27). The van der Waals surface area contributed by atoms with Crippen molar-refractivity contribution in [1.29, 1.82) is 0 Å². The number of amides is 1. The molecule has 0 aliphatic rings. The number of nitrogens with one attached hydrogen (secondary N) is 1. The number of fused-ring (bicyclic) bond motifs is 1. The molecule has 0 aliphatic heterocycles. The minimum absolute atomic E-state index is 0.0755. The summed E-state index contributed by atoms with van der Waals surface area (Å²) in [4.78, 5) is 16.4. The topological polar surface area (TPSA) is 65.4 Å². The SMILES string of the molecule is COCC(=O)NCCc1nc2ccccc2n1CCCOc1cc(C)ccc1C. The molecule has 0 spiro atoms. The van der Waals surface area contributed by atoms with Gasteiger partial charge < -0.3 is 19.4 Å². The van der Waals surface area contributed by atoms with Crippen LogP contribution in [0.1, 0.15) is 23.4 Å². The van der Waals surface area contributed by atoms with Gasteiger partial charge in [-0.3, -0.25) is 4.79 Å². The summed E-state index contributed by atoms with van der Waals surface area (Å²) in [5, 5.41) is 2.86. The smallest absolute Gasteiger partial charge is 0.245 e. The second-order valence-corrected chi connectivity index (χ2v) is 7.17. The first-order chi connectivity index (χ1) is 14.1. The number of methoxy groups -OCH3 is 1. The first kappa shape index (κ1) is 20.9. The van der Waals surface area contributed by atoms with Gasteiger partial charge in [0.1, 0.15) is 18.2 Å². The zero-order valence-corrected chi connectivity index (χ0v) is 17.4. The third-order valence-corrected chi connectivity index (χ3v) is 4.81. The number of rotatable bonds is 10. The van der Waals surface area contributed by atoms with Crippen molar-refractivity contribution in [1.82, 2.24) is 14.9 Å². The van der Waals surface area contributed by atoms with Crippen LogP contribution in [0.15, 0.2) is 42.5 Å². The van der Waals surface area contributed by atoms with Gasteiger partial charge in [0.15, 0.2) is 0 Å². The highest BCUT2D eigenvalue weighted by atomic mass is 16.5. The lowest BCUT2D eigenvalue weighted by Crippen LogP contribution is -2.29. The molecule has 0 fully saturated rings. The van der Waals surface area contributed by atoms with Crippen molar-refractivity contribution in [2.75, 3.05) is 26.9 Å². The van der Waals surface area contributed by atoms with E-state index in [9.17, 15) is 4.79 Å². The average Bonchev–Trinajstić information content (AvgIpc) is 3.05. The average molecular weight is 396 g/mol. The van der Waals surface area contributed by atoms with Crippen LogP contribution in [-0.4, -0.2) is 42.3 Å². The molecule has 1 amide bonds. The van der Waals surface area contributed by atoms with E-state index in [1.165, 1.54) is 12.7 Å². The fraction of sp³-hybridized carbons (Fsp3) is 0.391. The summed E-state index contributed by atoms with van der Waals surface area (Å²) in [6, 6.07) is 14.4. The number of carbonyl (C=O) groups is 1. The lowest BCUT2D eigenvalue weighted by Gasteiger charge is -2.12.